The molecule has 0 unspecified atom stereocenters. The lowest BCUT2D eigenvalue weighted by Crippen LogP contribution is -2.50. The van der Waals surface area contributed by atoms with Crippen molar-refractivity contribution in [2.75, 3.05) is 26.7 Å². The molecule has 0 aromatic heterocycles. The first-order valence-electron chi connectivity index (χ1n) is 9.95. The molecule has 1 N–H and O–H groups in total. The molecule has 3 atom stereocenters. The van der Waals surface area contributed by atoms with Crippen LogP contribution in [-0.4, -0.2) is 67.5 Å². The molecular weight excluding hydrogens is 392 g/mol. The fourth-order valence-electron chi connectivity index (χ4n) is 3.40. The van der Waals surface area contributed by atoms with Crippen LogP contribution in [0.15, 0.2) is 29.2 Å². The SMILES string of the molecule is C/C=C/c1ccc2c(c1)O[C@@H](CN(C)C(=O)CC)[C@@H](C)CN([C@@H](C)CO)S2(=O)=O. The zero-order valence-corrected chi connectivity index (χ0v) is 18.6. The Bertz CT molecular complexity index is 853. The van der Waals surface area contributed by atoms with Gasteiger partial charge >= 0.3 is 0 Å². The third-order valence-corrected chi connectivity index (χ3v) is 7.25. The minimum Gasteiger partial charge on any atom is -0.487 e. The average molecular weight is 425 g/mol. The van der Waals surface area contributed by atoms with Crippen molar-refractivity contribution in [3.8, 4) is 5.75 Å². The van der Waals surface area contributed by atoms with E-state index in [-0.39, 0.29) is 41.7 Å². The number of carbonyl (C=O) groups is 1. The number of rotatable bonds is 6. The largest absolute Gasteiger partial charge is 0.487 e. The summed E-state index contributed by atoms with van der Waals surface area (Å²) in [4.78, 5) is 13.8. The Hall–Kier alpha value is -1.90. The number of sulfonamides is 1. The summed E-state index contributed by atoms with van der Waals surface area (Å²) in [6.45, 7) is 7.54. The number of hydrogen-bond donors (Lipinski definition) is 1. The van der Waals surface area contributed by atoms with E-state index in [1.54, 1.807) is 44.0 Å². The first-order valence-corrected chi connectivity index (χ1v) is 11.4. The Kier molecular flexibility index (Phi) is 7.85. The van der Waals surface area contributed by atoms with Gasteiger partial charge in [-0.1, -0.05) is 32.1 Å². The van der Waals surface area contributed by atoms with E-state index >= 15 is 0 Å². The van der Waals surface area contributed by atoms with Crippen LogP contribution in [0.4, 0.5) is 0 Å². The van der Waals surface area contributed by atoms with Crippen LogP contribution >= 0.6 is 0 Å². The molecule has 1 amide bonds. The summed E-state index contributed by atoms with van der Waals surface area (Å²) in [5.74, 6) is 0.0768. The van der Waals surface area contributed by atoms with E-state index < -0.39 is 16.1 Å². The number of aliphatic hydroxyl groups excluding tert-OH is 1. The number of fused-ring (bicyclic) bond motifs is 1. The van der Waals surface area contributed by atoms with Gasteiger partial charge in [0.05, 0.1) is 13.2 Å². The minimum absolute atomic E-state index is 0.000969. The molecule has 0 spiro atoms. The van der Waals surface area contributed by atoms with Crippen LogP contribution in [0.5, 0.6) is 5.75 Å². The number of amides is 1. The molecule has 0 fully saturated rings. The molecule has 1 aromatic rings. The van der Waals surface area contributed by atoms with Gasteiger partial charge in [-0.15, -0.1) is 0 Å². The molecule has 29 heavy (non-hydrogen) atoms. The molecule has 1 heterocycles. The van der Waals surface area contributed by atoms with Crippen molar-refractivity contribution in [3.63, 3.8) is 0 Å². The van der Waals surface area contributed by atoms with Crippen molar-refractivity contribution in [1.82, 2.24) is 9.21 Å². The lowest BCUT2D eigenvalue weighted by Gasteiger charge is -2.37. The van der Waals surface area contributed by atoms with E-state index in [0.717, 1.165) is 5.56 Å². The Morgan fingerprint density at radius 2 is 2.14 bits per heavy atom. The number of benzene rings is 1. The maximum atomic E-state index is 13.3. The van der Waals surface area contributed by atoms with Crippen molar-refractivity contribution in [1.29, 1.82) is 0 Å². The maximum absolute atomic E-state index is 13.3. The quantitative estimate of drug-likeness (QED) is 0.758. The Balaban J connectivity index is 2.56. The number of hydrogen-bond acceptors (Lipinski definition) is 5. The van der Waals surface area contributed by atoms with Gasteiger partial charge in [-0.25, -0.2) is 8.42 Å². The topological polar surface area (TPSA) is 87.2 Å². The predicted octanol–water partition coefficient (Wildman–Crippen LogP) is 2.36. The Morgan fingerprint density at radius 3 is 2.72 bits per heavy atom. The van der Waals surface area contributed by atoms with E-state index in [9.17, 15) is 18.3 Å². The lowest BCUT2D eigenvalue weighted by molar-refractivity contribution is -0.131. The van der Waals surface area contributed by atoms with E-state index in [2.05, 4.69) is 0 Å². The van der Waals surface area contributed by atoms with Crippen LogP contribution in [-0.2, 0) is 14.8 Å². The highest BCUT2D eigenvalue weighted by Crippen LogP contribution is 2.34. The molecule has 7 nitrogen and oxygen atoms in total. The molecule has 8 heteroatoms. The van der Waals surface area contributed by atoms with Crippen LogP contribution < -0.4 is 4.74 Å². The highest BCUT2D eigenvalue weighted by atomic mass is 32.2. The summed E-state index contributed by atoms with van der Waals surface area (Å²) in [5, 5.41) is 9.65. The Morgan fingerprint density at radius 1 is 1.45 bits per heavy atom. The number of nitrogens with zero attached hydrogens (tertiary/aromatic N) is 2. The monoisotopic (exact) mass is 424 g/mol. The van der Waals surface area contributed by atoms with E-state index in [1.165, 1.54) is 4.31 Å². The number of carbonyl (C=O) groups excluding carboxylic acids is 1. The van der Waals surface area contributed by atoms with Gasteiger partial charge in [0.25, 0.3) is 0 Å². The van der Waals surface area contributed by atoms with Crippen molar-refractivity contribution in [3.05, 3.63) is 29.8 Å². The smallest absolute Gasteiger partial charge is 0.247 e. The van der Waals surface area contributed by atoms with Gasteiger partial charge in [-0.05, 0) is 31.5 Å². The second-order valence-electron chi connectivity index (χ2n) is 7.57. The van der Waals surface area contributed by atoms with Gasteiger partial charge in [0.1, 0.15) is 16.7 Å². The molecule has 1 aliphatic rings. The van der Waals surface area contributed by atoms with E-state index in [4.69, 9.17) is 4.74 Å². The van der Waals surface area contributed by atoms with Gasteiger partial charge in [-0.2, -0.15) is 4.31 Å². The molecule has 0 radical (unpaired) electrons. The molecule has 0 saturated carbocycles. The van der Waals surface area contributed by atoms with Gasteiger partial charge in [0.2, 0.25) is 15.9 Å². The molecule has 0 bridgehead atoms. The maximum Gasteiger partial charge on any atom is 0.247 e. The van der Waals surface area contributed by atoms with Crippen LogP contribution in [0.1, 0.15) is 39.7 Å². The van der Waals surface area contributed by atoms with Gasteiger partial charge in [0, 0.05) is 32.0 Å². The summed E-state index contributed by atoms with van der Waals surface area (Å²) in [6.07, 6.45) is 3.74. The average Bonchev–Trinajstić information content (AvgIpc) is 2.69. The molecule has 1 aromatic carbocycles. The van der Waals surface area contributed by atoms with Crippen molar-refractivity contribution < 1.29 is 23.1 Å². The summed E-state index contributed by atoms with van der Waals surface area (Å²) in [5.41, 5.74) is 0.827. The van der Waals surface area contributed by atoms with Gasteiger partial charge in [-0.3, -0.25) is 4.79 Å². The van der Waals surface area contributed by atoms with Crippen LogP contribution in [0, 0.1) is 5.92 Å². The molecular formula is C21H32N2O5S. The highest BCUT2D eigenvalue weighted by molar-refractivity contribution is 7.89. The Labute approximate surface area is 174 Å². The summed E-state index contributed by atoms with van der Waals surface area (Å²) in [6, 6.07) is 4.42. The predicted molar refractivity (Wildman–Crippen MR) is 113 cm³/mol. The molecule has 0 saturated heterocycles. The highest BCUT2D eigenvalue weighted by Gasteiger charge is 2.38. The van der Waals surface area contributed by atoms with Crippen molar-refractivity contribution in [2.24, 2.45) is 5.92 Å². The van der Waals surface area contributed by atoms with E-state index in [1.807, 2.05) is 26.0 Å². The van der Waals surface area contributed by atoms with Gasteiger partial charge < -0.3 is 14.7 Å². The van der Waals surface area contributed by atoms with Crippen molar-refractivity contribution in [2.45, 2.75) is 51.2 Å². The van der Waals surface area contributed by atoms with Crippen molar-refractivity contribution >= 4 is 22.0 Å². The first kappa shape index (κ1) is 23.4. The number of likely N-dealkylation sites (N-methyl/N-ethyl adjacent to an activating group) is 1. The molecule has 1 aliphatic heterocycles. The number of aliphatic hydroxyl groups is 1. The summed E-state index contributed by atoms with van der Waals surface area (Å²) in [7, 11) is -2.12. The first-order chi connectivity index (χ1) is 13.6. The standard InChI is InChI=1S/C21H32N2O5S/c1-6-8-17-9-10-20-18(11-17)28-19(13-22(5)21(25)7-2)15(3)12-23(16(4)14-24)29(20,26)27/h6,8-11,15-16,19,24H,7,12-14H2,1-5H3/b8-6+/t15-,16-,19-/m0/s1. The number of ether oxygens (including phenoxy) is 1. The van der Waals surface area contributed by atoms with Crippen LogP contribution in [0.2, 0.25) is 0 Å². The number of allylic oxidation sites excluding steroid dienone is 1. The van der Waals surface area contributed by atoms with Gasteiger partial charge in [0.15, 0.2) is 0 Å². The van der Waals surface area contributed by atoms with Crippen LogP contribution in [0.3, 0.4) is 0 Å². The minimum atomic E-state index is -3.85. The second-order valence-corrected chi connectivity index (χ2v) is 9.43. The lowest BCUT2D eigenvalue weighted by atomic mass is 10.0. The zero-order valence-electron chi connectivity index (χ0n) is 17.8. The fourth-order valence-corrected chi connectivity index (χ4v) is 5.22. The zero-order chi connectivity index (χ0) is 21.8. The van der Waals surface area contributed by atoms with Crippen LogP contribution in [0.25, 0.3) is 6.08 Å². The second kappa shape index (κ2) is 9.73. The van der Waals surface area contributed by atoms with E-state index in [0.29, 0.717) is 13.0 Å². The normalized spacial score (nSPS) is 23.0. The molecule has 0 aliphatic carbocycles. The molecule has 2 rings (SSSR count). The summed E-state index contributed by atoms with van der Waals surface area (Å²) >= 11 is 0. The molecule has 162 valence electrons. The fraction of sp³-hybridized carbons (Fsp3) is 0.571. The summed E-state index contributed by atoms with van der Waals surface area (Å²) < 4.78 is 34.2. The third kappa shape index (κ3) is 5.18. The third-order valence-electron chi connectivity index (χ3n) is 5.23.